The zero-order valence-electron chi connectivity index (χ0n) is 19.6. The molecule has 35 heavy (non-hydrogen) atoms. The second kappa shape index (κ2) is 11.9. The van der Waals surface area contributed by atoms with Gasteiger partial charge in [-0.15, -0.1) is 10.2 Å². The highest BCUT2D eigenvalue weighted by Gasteiger charge is 2.23. The molecule has 6 N–H and O–H groups in total. The van der Waals surface area contributed by atoms with Gasteiger partial charge in [0.1, 0.15) is 11.9 Å². The number of nitrogen functional groups attached to an aromatic ring is 1. The summed E-state index contributed by atoms with van der Waals surface area (Å²) >= 11 is 5.77. The fourth-order valence-electron chi connectivity index (χ4n) is 3.12. The molecule has 2 aromatic carbocycles. The van der Waals surface area contributed by atoms with Gasteiger partial charge in [-0.05, 0) is 74.9 Å². The molecule has 0 saturated carbocycles. The lowest BCUT2D eigenvalue weighted by Gasteiger charge is -2.22. The third-order valence-electron chi connectivity index (χ3n) is 4.68. The highest BCUT2D eigenvalue weighted by molar-refractivity contribution is 6.29. The van der Waals surface area contributed by atoms with Gasteiger partial charge in [-0.2, -0.15) is 0 Å². The van der Waals surface area contributed by atoms with Crippen LogP contribution in [0.1, 0.15) is 37.9 Å². The maximum atomic E-state index is 13.3. The molecule has 0 fully saturated rings. The maximum Gasteiger partial charge on any atom is 0.265 e. The van der Waals surface area contributed by atoms with E-state index in [0.717, 1.165) is 0 Å². The molecule has 1 amide bonds. The molecule has 0 aliphatic rings. The fraction of sp³-hybridized carbons (Fsp3) is 0.250. The second-order valence-electron chi connectivity index (χ2n) is 7.73. The van der Waals surface area contributed by atoms with Gasteiger partial charge in [-0.25, -0.2) is 0 Å². The maximum absolute atomic E-state index is 13.3. The van der Waals surface area contributed by atoms with E-state index in [2.05, 4.69) is 26.4 Å². The van der Waals surface area contributed by atoms with Gasteiger partial charge in [0, 0.05) is 11.3 Å². The molecule has 3 rings (SSSR count). The summed E-state index contributed by atoms with van der Waals surface area (Å²) in [6, 6.07) is 14.6. The van der Waals surface area contributed by atoms with E-state index in [0.29, 0.717) is 40.7 Å². The Bertz CT molecular complexity index is 1150. The number of hydrogen-bond donors (Lipinski definition) is 5. The van der Waals surface area contributed by atoms with Gasteiger partial charge in [0.05, 0.1) is 12.7 Å². The first-order valence-corrected chi connectivity index (χ1v) is 11.3. The van der Waals surface area contributed by atoms with E-state index in [1.165, 1.54) is 0 Å². The van der Waals surface area contributed by atoms with E-state index in [1.54, 1.807) is 54.6 Å². The lowest BCUT2D eigenvalue weighted by molar-refractivity contribution is -0.121. The predicted octanol–water partition coefficient (Wildman–Crippen LogP) is 3.90. The number of hydrogen-bond acceptors (Lipinski definition) is 8. The summed E-state index contributed by atoms with van der Waals surface area (Å²) in [6.45, 7) is 6.17. The van der Waals surface area contributed by atoms with E-state index < -0.39 is 11.9 Å². The monoisotopic (exact) mass is 497 g/mol. The lowest BCUT2D eigenvalue weighted by Crippen LogP contribution is -2.37. The summed E-state index contributed by atoms with van der Waals surface area (Å²) in [5.74, 6) is 1.01. The van der Waals surface area contributed by atoms with Gasteiger partial charge in [0.15, 0.2) is 22.5 Å². The van der Waals surface area contributed by atoms with Crippen molar-refractivity contribution >= 4 is 34.8 Å². The number of amides is 1. The Labute approximate surface area is 208 Å². The Morgan fingerprint density at radius 3 is 2.43 bits per heavy atom. The number of carbonyl (C=O) groups is 1. The molecule has 0 radical (unpaired) electrons. The topological polar surface area (TPSA) is 147 Å². The largest absolute Gasteiger partial charge is 0.490 e. The van der Waals surface area contributed by atoms with Crippen LogP contribution in [0.4, 0.5) is 11.5 Å². The molecule has 3 aromatic rings. The number of halogens is 1. The van der Waals surface area contributed by atoms with Crippen molar-refractivity contribution in [1.29, 1.82) is 5.41 Å². The Balaban J connectivity index is 1.89. The van der Waals surface area contributed by atoms with Crippen LogP contribution < -0.4 is 31.4 Å². The molecule has 0 bridgehead atoms. The molecule has 0 aliphatic carbocycles. The first kappa shape index (κ1) is 25.6. The van der Waals surface area contributed by atoms with Crippen molar-refractivity contribution in [3.8, 4) is 11.5 Å². The van der Waals surface area contributed by atoms with Crippen LogP contribution in [0, 0.1) is 5.41 Å². The lowest BCUT2D eigenvalue weighted by atomic mass is 10.0. The van der Waals surface area contributed by atoms with E-state index in [4.69, 9.17) is 32.2 Å². The van der Waals surface area contributed by atoms with Crippen molar-refractivity contribution in [2.45, 2.75) is 32.9 Å². The molecule has 0 saturated heterocycles. The van der Waals surface area contributed by atoms with Crippen LogP contribution in [0.2, 0.25) is 5.15 Å². The summed E-state index contributed by atoms with van der Waals surface area (Å²) < 4.78 is 11.6. The molecule has 1 aromatic heterocycles. The van der Waals surface area contributed by atoms with Crippen molar-refractivity contribution in [2.24, 2.45) is 5.73 Å². The summed E-state index contributed by atoms with van der Waals surface area (Å²) in [7, 11) is 0. The zero-order valence-corrected chi connectivity index (χ0v) is 20.4. The fourth-order valence-corrected chi connectivity index (χ4v) is 3.22. The molecule has 10 nitrogen and oxygen atoms in total. The summed E-state index contributed by atoms with van der Waals surface area (Å²) in [4.78, 5) is 13.3. The van der Waals surface area contributed by atoms with Crippen molar-refractivity contribution in [1.82, 2.24) is 15.6 Å². The number of carbonyl (C=O) groups excluding carboxylic acids is 1. The number of nitrogens with two attached hydrogens (primary N) is 1. The average molecular weight is 498 g/mol. The predicted molar refractivity (Wildman–Crippen MR) is 136 cm³/mol. The molecule has 11 heteroatoms. The van der Waals surface area contributed by atoms with E-state index in [1.807, 2.05) is 20.8 Å². The van der Waals surface area contributed by atoms with Crippen molar-refractivity contribution in [3.63, 3.8) is 0 Å². The van der Waals surface area contributed by atoms with E-state index in [-0.39, 0.29) is 17.1 Å². The molecule has 0 spiro atoms. The Morgan fingerprint density at radius 1 is 1.09 bits per heavy atom. The number of rotatable bonds is 11. The van der Waals surface area contributed by atoms with Crippen LogP contribution in [0.25, 0.3) is 0 Å². The summed E-state index contributed by atoms with van der Waals surface area (Å²) in [5, 5.41) is 18.6. The number of aromatic nitrogens is 2. The number of nitrogens with one attached hydrogen (secondary N) is 4. The normalized spacial score (nSPS) is 11.5. The van der Waals surface area contributed by atoms with Crippen LogP contribution in [0.3, 0.4) is 0 Å². The van der Waals surface area contributed by atoms with Gasteiger partial charge in [0.2, 0.25) is 0 Å². The van der Waals surface area contributed by atoms with E-state index >= 15 is 0 Å². The van der Waals surface area contributed by atoms with Gasteiger partial charge in [0.25, 0.3) is 5.91 Å². The Kier molecular flexibility index (Phi) is 8.69. The van der Waals surface area contributed by atoms with Crippen LogP contribution >= 0.6 is 11.6 Å². The smallest absolute Gasteiger partial charge is 0.265 e. The number of ether oxygens (including phenoxy) is 2. The molecule has 1 unspecified atom stereocenters. The number of nitrogens with zero attached hydrogens (tertiary/aromatic N) is 2. The van der Waals surface area contributed by atoms with Crippen molar-refractivity contribution in [3.05, 3.63) is 70.9 Å². The van der Waals surface area contributed by atoms with Crippen LogP contribution in [0.15, 0.2) is 54.6 Å². The minimum atomic E-state index is -0.821. The molecule has 0 aliphatic heterocycles. The van der Waals surface area contributed by atoms with Gasteiger partial charge < -0.3 is 20.5 Å². The number of benzene rings is 2. The quantitative estimate of drug-likeness (QED) is 0.152. The first-order chi connectivity index (χ1) is 16.8. The molecular weight excluding hydrogens is 470 g/mol. The third kappa shape index (κ3) is 7.21. The SMILES string of the molecule is CCOc1cc(C(Nc2ccc(C(=N)N)cc2)C(=O)NNc2ccc(Cl)nn2)ccc1OC(C)C. The highest BCUT2D eigenvalue weighted by Crippen LogP contribution is 2.33. The van der Waals surface area contributed by atoms with Gasteiger partial charge in [-0.1, -0.05) is 17.7 Å². The van der Waals surface area contributed by atoms with Gasteiger partial charge in [-0.3, -0.25) is 21.1 Å². The van der Waals surface area contributed by atoms with Crippen LogP contribution in [0.5, 0.6) is 11.5 Å². The minimum Gasteiger partial charge on any atom is -0.490 e. The first-order valence-electron chi connectivity index (χ1n) is 11.0. The zero-order chi connectivity index (χ0) is 25.4. The summed E-state index contributed by atoms with van der Waals surface area (Å²) in [5.41, 5.74) is 12.8. The molecule has 1 heterocycles. The molecule has 1 atom stereocenters. The number of amidine groups is 1. The Morgan fingerprint density at radius 2 is 1.83 bits per heavy atom. The van der Waals surface area contributed by atoms with E-state index in [9.17, 15) is 4.79 Å². The molecule has 184 valence electrons. The van der Waals surface area contributed by atoms with Crippen molar-refractivity contribution in [2.75, 3.05) is 17.3 Å². The standard InChI is InChI=1S/C24H28ClN7O3/c1-4-34-19-13-16(7-10-18(19)35-14(2)3)22(28-17-8-5-15(6-9-17)23(26)27)24(33)32-31-21-12-11-20(25)29-30-21/h5-14,22,28H,4H2,1-3H3,(H3,26,27)(H,30,31)(H,32,33). The molecular formula is C24H28ClN7O3. The average Bonchev–Trinajstić information content (AvgIpc) is 2.83. The number of anilines is 2. The Hall–Kier alpha value is -4.05. The van der Waals surface area contributed by atoms with Crippen molar-refractivity contribution < 1.29 is 14.3 Å². The second-order valence-corrected chi connectivity index (χ2v) is 8.12. The summed E-state index contributed by atoms with van der Waals surface area (Å²) in [6.07, 6.45) is -0.0400. The van der Waals surface area contributed by atoms with Crippen LogP contribution in [-0.2, 0) is 4.79 Å². The van der Waals surface area contributed by atoms with Crippen LogP contribution in [-0.4, -0.2) is 34.7 Å². The van der Waals surface area contributed by atoms with Gasteiger partial charge >= 0.3 is 0 Å². The number of hydrazine groups is 1. The third-order valence-corrected chi connectivity index (χ3v) is 4.88. The minimum absolute atomic E-state index is 0.0400. The highest BCUT2D eigenvalue weighted by atomic mass is 35.5.